The Morgan fingerprint density at radius 2 is 1.40 bits per heavy atom. The largest absolute Gasteiger partial charge is 1.00 e. The number of halogens is 1. The van der Waals surface area contributed by atoms with Crippen molar-refractivity contribution in [3.63, 3.8) is 0 Å². The van der Waals surface area contributed by atoms with Crippen LogP contribution in [0.15, 0.2) is 66.9 Å². The van der Waals surface area contributed by atoms with Crippen molar-refractivity contribution in [2.75, 3.05) is 13.7 Å². The maximum absolute atomic E-state index is 14.0. The summed E-state index contributed by atoms with van der Waals surface area (Å²) in [5.74, 6) is 0.430. The lowest BCUT2D eigenvalue weighted by Gasteiger charge is -2.22. The summed E-state index contributed by atoms with van der Waals surface area (Å²) in [7, 11) is 1.53. The molecule has 0 aliphatic heterocycles. The van der Waals surface area contributed by atoms with Gasteiger partial charge in [-0.3, -0.25) is 14.5 Å². The van der Waals surface area contributed by atoms with Crippen LogP contribution in [0.1, 0.15) is 110 Å². The van der Waals surface area contributed by atoms with E-state index < -0.39 is 5.91 Å². The van der Waals surface area contributed by atoms with Crippen molar-refractivity contribution in [1.29, 1.82) is 0 Å². The number of carbonyl (C=O) groups is 2. The van der Waals surface area contributed by atoms with Gasteiger partial charge in [-0.25, -0.2) is 4.57 Å². The molecule has 0 aliphatic rings. The first-order valence-corrected chi connectivity index (χ1v) is 15.7. The zero-order chi connectivity index (χ0) is 30.2. The highest BCUT2D eigenvalue weighted by atomic mass is 127. The Bertz CT molecular complexity index is 1280. The van der Waals surface area contributed by atoms with Crippen molar-refractivity contribution in [2.24, 2.45) is 0 Å². The van der Waals surface area contributed by atoms with Gasteiger partial charge >= 0.3 is 0 Å². The molecule has 0 aliphatic carbocycles. The molecule has 1 aromatic heterocycles. The molecule has 6 nitrogen and oxygen atoms in total. The molecule has 0 bridgehead atoms. The van der Waals surface area contributed by atoms with Gasteiger partial charge in [0.05, 0.1) is 19.3 Å². The number of para-hydroxylation sites is 1. The van der Waals surface area contributed by atoms with Gasteiger partial charge in [-0.05, 0) is 56.2 Å². The molecule has 1 heterocycles. The maximum atomic E-state index is 14.0. The molecule has 7 heteroatoms. The molecule has 0 saturated carbocycles. The average molecular weight is 701 g/mol. The highest BCUT2D eigenvalue weighted by Gasteiger charge is 2.30. The Kier molecular flexibility index (Phi) is 16.9. The summed E-state index contributed by atoms with van der Waals surface area (Å²) in [4.78, 5) is 29.1. The van der Waals surface area contributed by atoms with Gasteiger partial charge in [-0.1, -0.05) is 82.9 Å². The van der Waals surface area contributed by atoms with Crippen molar-refractivity contribution < 1.29 is 47.6 Å². The number of imide groups is 1. The van der Waals surface area contributed by atoms with Crippen LogP contribution in [0, 0.1) is 6.92 Å². The van der Waals surface area contributed by atoms with Crippen molar-refractivity contribution in [1.82, 2.24) is 4.90 Å². The second kappa shape index (κ2) is 20.1. The van der Waals surface area contributed by atoms with Crippen LogP contribution >= 0.6 is 0 Å². The van der Waals surface area contributed by atoms with Gasteiger partial charge in [0.1, 0.15) is 24.6 Å². The molecule has 0 fully saturated rings. The van der Waals surface area contributed by atoms with Crippen LogP contribution in [0.5, 0.6) is 11.5 Å². The fourth-order valence-corrected chi connectivity index (χ4v) is 5.22. The highest BCUT2D eigenvalue weighted by Crippen LogP contribution is 2.24. The van der Waals surface area contributed by atoms with Crippen LogP contribution in [-0.2, 0) is 13.1 Å². The highest BCUT2D eigenvalue weighted by molar-refractivity contribution is 6.11. The second-order valence-corrected chi connectivity index (χ2v) is 10.9. The molecule has 0 atom stereocenters. The summed E-state index contributed by atoms with van der Waals surface area (Å²) in [5, 5.41) is 0. The quantitative estimate of drug-likeness (QED) is 0.0803. The normalized spacial score (nSPS) is 10.6. The smallest absolute Gasteiger partial charge is 0.265 e. The van der Waals surface area contributed by atoms with Gasteiger partial charge in [-0.15, -0.1) is 0 Å². The number of methoxy groups -OCH3 is 1. The molecule has 43 heavy (non-hydrogen) atoms. The zero-order valence-electron chi connectivity index (χ0n) is 26.4. The monoisotopic (exact) mass is 700 g/mol. The van der Waals surface area contributed by atoms with Gasteiger partial charge in [-0.2, -0.15) is 0 Å². The van der Waals surface area contributed by atoms with Gasteiger partial charge in [0.2, 0.25) is 5.69 Å². The molecule has 0 unspecified atom stereocenters. The number of benzene rings is 2. The SMILES string of the molecule is CCCCCCCCCCCCOc1ccc(C(=O)N(Cc2cccc[n+]2CC)C(=O)c2ccccc2OC)c(C)c1.[I-]. The minimum absolute atomic E-state index is 0. The molecule has 2 amide bonds. The molecule has 2 aromatic carbocycles. The van der Waals surface area contributed by atoms with Gasteiger partial charge in [0, 0.05) is 17.7 Å². The van der Waals surface area contributed by atoms with Crippen molar-refractivity contribution >= 4 is 11.8 Å². The first kappa shape index (κ1) is 36.3. The van der Waals surface area contributed by atoms with E-state index >= 15 is 0 Å². The Balaban J connectivity index is 0.00000645. The van der Waals surface area contributed by atoms with Crippen LogP contribution < -0.4 is 38.0 Å². The number of hydrogen-bond acceptors (Lipinski definition) is 4. The molecule has 0 radical (unpaired) electrons. The molecule has 234 valence electrons. The summed E-state index contributed by atoms with van der Waals surface area (Å²) in [6.07, 6.45) is 14.8. The summed E-state index contributed by atoms with van der Waals surface area (Å²) < 4.78 is 13.5. The topological polar surface area (TPSA) is 59.7 Å². The predicted molar refractivity (Wildman–Crippen MR) is 168 cm³/mol. The third-order valence-corrected chi connectivity index (χ3v) is 7.72. The first-order valence-electron chi connectivity index (χ1n) is 15.7. The summed E-state index contributed by atoms with van der Waals surface area (Å²) in [5.41, 5.74) is 2.46. The van der Waals surface area contributed by atoms with Crippen LogP contribution in [0.2, 0.25) is 0 Å². The third-order valence-electron chi connectivity index (χ3n) is 7.72. The first-order chi connectivity index (χ1) is 20.5. The second-order valence-electron chi connectivity index (χ2n) is 10.9. The number of hydrogen-bond donors (Lipinski definition) is 0. The zero-order valence-corrected chi connectivity index (χ0v) is 28.6. The number of aromatic nitrogens is 1. The molecule has 3 rings (SSSR count). The lowest BCUT2D eigenvalue weighted by atomic mass is 10.1. The van der Waals surface area contributed by atoms with E-state index in [1.807, 2.05) is 61.0 Å². The van der Waals surface area contributed by atoms with E-state index in [-0.39, 0.29) is 36.4 Å². The van der Waals surface area contributed by atoms with Crippen molar-refractivity contribution in [3.8, 4) is 11.5 Å². The molecular weight excluding hydrogens is 651 g/mol. The molecule has 0 N–H and O–H groups in total. The number of ether oxygens (including phenoxy) is 2. The van der Waals surface area contributed by atoms with Crippen LogP contribution in [0.4, 0.5) is 0 Å². The van der Waals surface area contributed by atoms with E-state index in [4.69, 9.17) is 9.47 Å². The fraction of sp³-hybridized carbons (Fsp3) is 0.472. The molecule has 0 spiro atoms. The minimum Gasteiger partial charge on any atom is -1.00 e. The number of unbranched alkanes of at least 4 members (excludes halogenated alkanes) is 9. The van der Waals surface area contributed by atoms with E-state index in [0.717, 1.165) is 30.0 Å². The third kappa shape index (κ3) is 11.2. The number of rotatable bonds is 18. The fourth-order valence-electron chi connectivity index (χ4n) is 5.22. The Labute approximate surface area is 275 Å². The summed E-state index contributed by atoms with van der Waals surface area (Å²) >= 11 is 0. The summed E-state index contributed by atoms with van der Waals surface area (Å²) in [6, 6.07) is 18.3. The van der Waals surface area contributed by atoms with E-state index in [2.05, 4.69) is 6.92 Å². The standard InChI is InChI=1S/C36H49N2O4.HI/c1-5-7-8-9-10-11-12-13-14-19-26-42-31-23-24-32(29(3)27-31)35(39)38(28-30-20-17-18-25-37(30)6-2)36(40)33-21-15-16-22-34(33)41-4;/h15-18,20-25,27H,5-14,19,26,28H2,1-4H3;1H/q+1;/p-1. The van der Waals surface area contributed by atoms with Gasteiger partial charge < -0.3 is 33.5 Å². The lowest BCUT2D eigenvalue weighted by molar-refractivity contribution is -0.701. The molecule has 3 aromatic rings. The van der Waals surface area contributed by atoms with Crippen LogP contribution in [0.3, 0.4) is 0 Å². The van der Waals surface area contributed by atoms with Crippen molar-refractivity contribution in [3.05, 3.63) is 89.2 Å². The van der Waals surface area contributed by atoms with Crippen LogP contribution in [0.25, 0.3) is 0 Å². The van der Waals surface area contributed by atoms with Crippen molar-refractivity contribution in [2.45, 2.75) is 98.1 Å². The van der Waals surface area contributed by atoms with E-state index in [1.54, 1.807) is 24.3 Å². The predicted octanol–water partition coefficient (Wildman–Crippen LogP) is 5.10. The molecular formula is C36H49IN2O4. The van der Waals surface area contributed by atoms with Crippen LogP contribution in [-0.4, -0.2) is 30.4 Å². The Hall–Kier alpha value is -2.94. The van der Waals surface area contributed by atoms with E-state index in [9.17, 15) is 9.59 Å². The summed E-state index contributed by atoms with van der Waals surface area (Å²) in [6.45, 7) is 7.71. The van der Waals surface area contributed by atoms with E-state index in [0.29, 0.717) is 23.5 Å². The lowest BCUT2D eigenvalue weighted by Crippen LogP contribution is -3.00. The molecule has 0 saturated heterocycles. The Morgan fingerprint density at radius 3 is 2.05 bits per heavy atom. The number of nitrogens with zero attached hydrogens (tertiary/aromatic N) is 2. The Morgan fingerprint density at radius 1 is 0.767 bits per heavy atom. The minimum atomic E-state index is -0.398. The number of aryl methyl sites for hydroxylation is 2. The maximum Gasteiger partial charge on any atom is 0.265 e. The number of amides is 2. The number of carbonyl (C=O) groups excluding carboxylic acids is 2. The number of pyridine rings is 1. The van der Waals surface area contributed by atoms with Gasteiger partial charge in [0.25, 0.3) is 11.8 Å². The average Bonchev–Trinajstić information content (AvgIpc) is 3.02. The van der Waals surface area contributed by atoms with Gasteiger partial charge in [0.15, 0.2) is 6.20 Å². The van der Waals surface area contributed by atoms with E-state index in [1.165, 1.54) is 69.8 Å².